The van der Waals surface area contributed by atoms with Crippen molar-refractivity contribution < 1.29 is 4.79 Å². The van der Waals surface area contributed by atoms with Gasteiger partial charge in [0.25, 0.3) is 0 Å². The van der Waals surface area contributed by atoms with Crippen LogP contribution < -0.4 is 10.2 Å². The number of carbonyl (C=O) groups excluding carboxylic acids is 1. The van der Waals surface area contributed by atoms with Gasteiger partial charge in [0.05, 0.1) is 5.69 Å². The van der Waals surface area contributed by atoms with Crippen molar-refractivity contribution in [2.75, 3.05) is 23.3 Å². The summed E-state index contributed by atoms with van der Waals surface area (Å²) < 4.78 is 1.80. The highest BCUT2D eigenvalue weighted by Crippen LogP contribution is 2.25. The summed E-state index contributed by atoms with van der Waals surface area (Å²) in [5.41, 5.74) is 5.21. The molecule has 30 heavy (non-hydrogen) atoms. The average molecular weight is 405 g/mol. The number of piperidine rings is 1. The van der Waals surface area contributed by atoms with Crippen LogP contribution in [0.1, 0.15) is 35.4 Å². The van der Waals surface area contributed by atoms with Gasteiger partial charge in [0.1, 0.15) is 0 Å². The SMILES string of the molecule is Cc1cc(C)n(-c2ccc(N3CCC(C(=O)Nc4cccc(C)c4C)CC3)nn2)n1. The number of carbonyl (C=O) groups is 1. The van der Waals surface area contributed by atoms with E-state index in [0.717, 1.165) is 54.4 Å². The third-order valence-electron chi connectivity index (χ3n) is 5.92. The summed E-state index contributed by atoms with van der Waals surface area (Å²) in [7, 11) is 0. The molecule has 3 aromatic rings. The zero-order chi connectivity index (χ0) is 21.3. The average Bonchev–Trinajstić information content (AvgIpc) is 3.09. The van der Waals surface area contributed by atoms with Gasteiger partial charge >= 0.3 is 0 Å². The Kier molecular flexibility index (Phi) is 5.53. The van der Waals surface area contributed by atoms with Crippen LogP contribution in [0.3, 0.4) is 0 Å². The van der Waals surface area contributed by atoms with E-state index in [-0.39, 0.29) is 11.8 Å². The van der Waals surface area contributed by atoms with Gasteiger partial charge in [0.2, 0.25) is 5.91 Å². The van der Waals surface area contributed by atoms with Gasteiger partial charge < -0.3 is 10.2 Å². The predicted molar refractivity (Wildman–Crippen MR) is 118 cm³/mol. The van der Waals surface area contributed by atoms with Crippen LogP contribution in [0, 0.1) is 33.6 Å². The van der Waals surface area contributed by atoms with Crippen molar-refractivity contribution in [3.05, 3.63) is 58.9 Å². The molecule has 4 rings (SSSR count). The summed E-state index contributed by atoms with van der Waals surface area (Å²) in [6.45, 7) is 9.65. The monoisotopic (exact) mass is 404 g/mol. The van der Waals surface area contributed by atoms with Crippen molar-refractivity contribution >= 4 is 17.4 Å². The number of amides is 1. The Morgan fingerprint density at radius 3 is 2.33 bits per heavy atom. The van der Waals surface area contributed by atoms with Gasteiger partial charge in [-0.25, -0.2) is 4.68 Å². The number of hydrogen-bond acceptors (Lipinski definition) is 5. The number of rotatable bonds is 4. The molecular formula is C23H28N6O. The fourth-order valence-electron chi connectivity index (χ4n) is 3.95. The van der Waals surface area contributed by atoms with Gasteiger partial charge in [0.15, 0.2) is 11.6 Å². The molecule has 0 saturated carbocycles. The first-order valence-electron chi connectivity index (χ1n) is 10.4. The van der Waals surface area contributed by atoms with Crippen LogP contribution in [0.4, 0.5) is 11.5 Å². The van der Waals surface area contributed by atoms with E-state index in [1.165, 1.54) is 5.56 Å². The van der Waals surface area contributed by atoms with Crippen LogP contribution >= 0.6 is 0 Å². The quantitative estimate of drug-likeness (QED) is 0.717. The van der Waals surface area contributed by atoms with E-state index in [1.807, 2.05) is 51.1 Å². The number of hydrogen-bond donors (Lipinski definition) is 1. The van der Waals surface area contributed by atoms with Crippen molar-refractivity contribution in [3.63, 3.8) is 0 Å². The van der Waals surface area contributed by atoms with Gasteiger partial charge in [0, 0.05) is 30.4 Å². The van der Waals surface area contributed by atoms with Crippen molar-refractivity contribution in [1.82, 2.24) is 20.0 Å². The van der Waals surface area contributed by atoms with E-state index in [9.17, 15) is 4.79 Å². The minimum Gasteiger partial charge on any atom is -0.355 e. The van der Waals surface area contributed by atoms with E-state index in [0.29, 0.717) is 5.82 Å². The summed E-state index contributed by atoms with van der Waals surface area (Å²) in [6, 6.07) is 12.0. The van der Waals surface area contributed by atoms with Crippen LogP contribution in [-0.2, 0) is 4.79 Å². The second-order valence-electron chi connectivity index (χ2n) is 8.09. The smallest absolute Gasteiger partial charge is 0.227 e. The Labute approximate surface area is 177 Å². The lowest BCUT2D eigenvalue weighted by molar-refractivity contribution is -0.120. The van der Waals surface area contributed by atoms with Crippen LogP contribution in [0.25, 0.3) is 5.82 Å². The highest BCUT2D eigenvalue weighted by Gasteiger charge is 2.26. The Morgan fingerprint density at radius 1 is 1.00 bits per heavy atom. The molecule has 1 saturated heterocycles. The number of anilines is 2. The molecule has 1 amide bonds. The third-order valence-corrected chi connectivity index (χ3v) is 5.92. The van der Waals surface area contributed by atoms with Crippen molar-refractivity contribution in [2.24, 2.45) is 5.92 Å². The number of nitrogens with zero attached hydrogens (tertiary/aromatic N) is 5. The molecule has 7 nitrogen and oxygen atoms in total. The second kappa shape index (κ2) is 8.26. The topological polar surface area (TPSA) is 75.9 Å². The molecule has 0 unspecified atom stereocenters. The molecule has 1 aliphatic heterocycles. The number of aromatic nitrogens is 4. The van der Waals surface area contributed by atoms with Gasteiger partial charge in [-0.2, -0.15) is 5.10 Å². The van der Waals surface area contributed by atoms with Crippen molar-refractivity contribution in [1.29, 1.82) is 0 Å². The Bertz CT molecular complexity index is 1050. The number of aryl methyl sites for hydroxylation is 3. The summed E-state index contributed by atoms with van der Waals surface area (Å²) in [5.74, 6) is 1.68. The molecule has 1 aromatic carbocycles. The fraction of sp³-hybridized carbons (Fsp3) is 0.391. The lowest BCUT2D eigenvalue weighted by Crippen LogP contribution is -2.38. The van der Waals surface area contributed by atoms with Gasteiger partial charge in [-0.05, 0) is 75.9 Å². The van der Waals surface area contributed by atoms with Gasteiger partial charge in [-0.15, -0.1) is 10.2 Å². The van der Waals surface area contributed by atoms with Gasteiger partial charge in [-0.1, -0.05) is 12.1 Å². The number of nitrogens with one attached hydrogen (secondary N) is 1. The highest BCUT2D eigenvalue weighted by atomic mass is 16.1. The van der Waals surface area contributed by atoms with Crippen LogP contribution in [-0.4, -0.2) is 39.0 Å². The zero-order valence-corrected chi connectivity index (χ0v) is 18.0. The summed E-state index contributed by atoms with van der Waals surface area (Å²) in [5, 5.41) is 16.3. The standard InChI is InChI=1S/C23H28N6O/c1-15-6-5-7-20(18(15)4)24-23(30)19-10-12-28(13-11-19)21-8-9-22(26-25-21)29-17(3)14-16(2)27-29/h5-9,14,19H,10-13H2,1-4H3,(H,24,30). The van der Waals surface area contributed by atoms with E-state index < -0.39 is 0 Å². The Hall–Kier alpha value is -3.22. The molecule has 0 aliphatic carbocycles. The van der Waals surface area contributed by atoms with Gasteiger partial charge in [-0.3, -0.25) is 4.79 Å². The van der Waals surface area contributed by atoms with E-state index in [4.69, 9.17) is 0 Å². The first-order valence-corrected chi connectivity index (χ1v) is 10.4. The molecule has 0 radical (unpaired) electrons. The van der Waals surface area contributed by atoms with E-state index in [1.54, 1.807) is 4.68 Å². The molecule has 2 aromatic heterocycles. The largest absolute Gasteiger partial charge is 0.355 e. The zero-order valence-electron chi connectivity index (χ0n) is 18.0. The van der Waals surface area contributed by atoms with Crippen LogP contribution in [0.5, 0.6) is 0 Å². The normalized spacial score (nSPS) is 14.7. The molecule has 0 spiro atoms. The number of benzene rings is 1. The molecule has 3 heterocycles. The summed E-state index contributed by atoms with van der Waals surface area (Å²) in [4.78, 5) is 14.9. The maximum absolute atomic E-state index is 12.7. The maximum Gasteiger partial charge on any atom is 0.227 e. The summed E-state index contributed by atoms with van der Waals surface area (Å²) >= 11 is 0. The maximum atomic E-state index is 12.7. The summed E-state index contributed by atoms with van der Waals surface area (Å²) in [6.07, 6.45) is 1.61. The minimum atomic E-state index is 0.0168. The first-order chi connectivity index (χ1) is 14.4. The molecule has 0 bridgehead atoms. The highest BCUT2D eigenvalue weighted by molar-refractivity contribution is 5.93. The fourth-order valence-corrected chi connectivity index (χ4v) is 3.95. The third kappa shape index (κ3) is 4.06. The molecule has 1 N–H and O–H groups in total. The molecule has 1 aliphatic rings. The second-order valence-corrected chi connectivity index (χ2v) is 8.09. The Balaban J connectivity index is 1.36. The van der Waals surface area contributed by atoms with Crippen LogP contribution in [0.2, 0.25) is 0 Å². The van der Waals surface area contributed by atoms with Crippen LogP contribution in [0.15, 0.2) is 36.4 Å². The Morgan fingerprint density at radius 2 is 1.70 bits per heavy atom. The minimum absolute atomic E-state index is 0.0168. The van der Waals surface area contributed by atoms with Crippen molar-refractivity contribution in [3.8, 4) is 5.82 Å². The lowest BCUT2D eigenvalue weighted by Gasteiger charge is -2.32. The lowest BCUT2D eigenvalue weighted by atomic mass is 9.95. The van der Waals surface area contributed by atoms with E-state index >= 15 is 0 Å². The van der Waals surface area contributed by atoms with E-state index in [2.05, 4.69) is 38.5 Å². The molecule has 1 fully saturated rings. The molecular weight excluding hydrogens is 376 g/mol. The molecule has 7 heteroatoms. The van der Waals surface area contributed by atoms with Crippen molar-refractivity contribution in [2.45, 2.75) is 40.5 Å². The predicted octanol–water partition coefficient (Wildman–Crippen LogP) is 3.75. The molecule has 0 atom stereocenters. The molecule has 156 valence electrons. The first kappa shape index (κ1) is 20.1.